The van der Waals surface area contributed by atoms with Gasteiger partial charge in [-0.25, -0.2) is 4.39 Å². The number of halogens is 2. The molecule has 0 heterocycles. The van der Waals surface area contributed by atoms with Gasteiger partial charge in [0.15, 0.2) is 0 Å². The topological polar surface area (TPSA) is 0 Å². The standard InChI is InChI=1S/C6H5ClF/c7-5-3-1-2-4-6(5)8/h1,3-4H,2H2. The molecule has 1 aliphatic rings. The first-order valence-corrected chi connectivity index (χ1v) is 2.73. The first-order chi connectivity index (χ1) is 3.80. The van der Waals surface area contributed by atoms with Crippen LogP contribution in [0.1, 0.15) is 6.42 Å². The lowest BCUT2D eigenvalue weighted by Crippen LogP contribution is -1.83. The second-order valence-corrected chi connectivity index (χ2v) is 1.95. The summed E-state index contributed by atoms with van der Waals surface area (Å²) in [5.41, 5.74) is 0. The van der Waals surface area contributed by atoms with Gasteiger partial charge in [-0.15, -0.1) is 0 Å². The molecule has 0 spiro atoms. The summed E-state index contributed by atoms with van der Waals surface area (Å²) in [5.74, 6) is -0.311. The lowest BCUT2D eigenvalue weighted by Gasteiger charge is -1.99. The molecule has 0 unspecified atom stereocenters. The van der Waals surface area contributed by atoms with Gasteiger partial charge in [-0.3, -0.25) is 0 Å². The molecule has 0 saturated carbocycles. The molecule has 0 bridgehead atoms. The van der Waals surface area contributed by atoms with Crippen molar-refractivity contribution in [2.24, 2.45) is 0 Å². The first-order valence-electron chi connectivity index (χ1n) is 2.36. The summed E-state index contributed by atoms with van der Waals surface area (Å²) < 4.78 is 12.2. The summed E-state index contributed by atoms with van der Waals surface area (Å²) in [6, 6.07) is 0. The molecule has 0 fully saturated rings. The minimum atomic E-state index is -0.311. The van der Waals surface area contributed by atoms with Gasteiger partial charge in [-0.1, -0.05) is 17.7 Å². The van der Waals surface area contributed by atoms with E-state index in [1.807, 2.05) is 6.08 Å². The van der Waals surface area contributed by atoms with E-state index in [0.29, 0.717) is 6.42 Å². The summed E-state index contributed by atoms with van der Waals surface area (Å²) in [6.07, 6.45) is 5.48. The predicted octanol–water partition coefficient (Wildman–Crippen LogP) is 2.57. The van der Waals surface area contributed by atoms with E-state index in [-0.39, 0.29) is 10.9 Å². The second-order valence-electron chi connectivity index (χ2n) is 1.54. The number of hydrogen-bond donors (Lipinski definition) is 0. The van der Waals surface area contributed by atoms with E-state index in [4.69, 9.17) is 11.6 Å². The lowest BCUT2D eigenvalue weighted by atomic mass is 10.2. The molecule has 0 aromatic carbocycles. The van der Waals surface area contributed by atoms with Crippen molar-refractivity contribution in [1.29, 1.82) is 0 Å². The summed E-state index contributed by atoms with van der Waals surface area (Å²) in [5, 5.41) is 0.205. The number of rotatable bonds is 0. The zero-order chi connectivity index (χ0) is 5.98. The highest BCUT2D eigenvalue weighted by atomic mass is 35.5. The maximum Gasteiger partial charge on any atom is 0.123 e. The lowest BCUT2D eigenvalue weighted by molar-refractivity contribution is 0.638. The van der Waals surface area contributed by atoms with Gasteiger partial charge in [-0.05, 0) is 12.5 Å². The Morgan fingerprint density at radius 3 is 2.75 bits per heavy atom. The van der Waals surface area contributed by atoms with Crippen LogP contribution in [0.3, 0.4) is 0 Å². The molecule has 0 atom stereocenters. The van der Waals surface area contributed by atoms with Crippen LogP contribution >= 0.6 is 11.6 Å². The molecule has 43 valence electrons. The molecule has 0 aromatic heterocycles. The van der Waals surface area contributed by atoms with Crippen LogP contribution in [-0.2, 0) is 0 Å². The van der Waals surface area contributed by atoms with Gasteiger partial charge in [0.2, 0.25) is 0 Å². The zero-order valence-electron chi connectivity index (χ0n) is 4.20. The Hall–Kier alpha value is -0.300. The van der Waals surface area contributed by atoms with Crippen molar-refractivity contribution in [1.82, 2.24) is 0 Å². The molecule has 0 aromatic rings. The number of allylic oxidation sites excluding steroid dienone is 4. The van der Waals surface area contributed by atoms with Crippen LogP contribution in [-0.4, -0.2) is 0 Å². The maximum absolute atomic E-state index is 12.2. The normalized spacial score (nSPS) is 19.8. The van der Waals surface area contributed by atoms with Gasteiger partial charge in [0.1, 0.15) is 5.83 Å². The fraction of sp³-hybridized carbons (Fsp3) is 0.167. The average molecular weight is 132 g/mol. The van der Waals surface area contributed by atoms with E-state index in [9.17, 15) is 4.39 Å². The van der Waals surface area contributed by atoms with Gasteiger partial charge in [0.05, 0.1) is 5.03 Å². The van der Waals surface area contributed by atoms with Crippen molar-refractivity contribution >= 4 is 11.6 Å². The number of hydrogen-bond acceptors (Lipinski definition) is 0. The Bertz CT molecular complexity index is 147. The van der Waals surface area contributed by atoms with Crippen LogP contribution < -0.4 is 0 Å². The van der Waals surface area contributed by atoms with Crippen molar-refractivity contribution in [3.05, 3.63) is 29.4 Å². The van der Waals surface area contributed by atoms with E-state index in [1.165, 1.54) is 6.42 Å². The molecule has 8 heavy (non-hydrogen) atoms. The molecule has 1 aliphatic carbocycles. The molecule has 0 amide bonds. The van der Waals surface area contributed by atoms with Gasteiger partial charge < -0.3 is 0 Å². The second kappa shape index (κ2) is 2.31. The predicted molar refractivity (Wildman–Crippen MR) is 32.0 cm³/mol. The van der Waals surface area contributed by atoms with Crippen molar-refractivity contribution in [2.45, 2.75) is 6.42 Å². The smallest absolute Gasteiger partial charge is 0.123 e. The summed E-state index contributed by atoms with van der Waals surface area (Å²) in [4.78, 5) is 0. The van der Waals surface area contributed by atoms with Crippen LogP contribution in [0.15, 0.2) is 23.0 Å². The zero-order valence-corrected chi connectivity index (χ0v) is 4.95. The Morgan fingerprint density at radius 2 is 2.38 bits per heavy atom. The molecular formula is C6H5ClF. The van der Waals surface area contributed by atoms with Crippen LogP contribution in [0.4, 0.5) is 4.39 Å². The Morgan fingerprint density at radius 1 is 1.62 bits per heavy atom. The fourth-order valence-corrected chi connectivity index (χ4v) is 0.686. The first kappa shape index (κ1) is 5.83. The molecule has 0 N–H and O–H groups in total. The minimum Gasteiger partial charge on any atom is -0.210 e. The van der Waals surface area contributed by atoms with Crippen molar-refractivity contribution < 1.29 is 4.39 Å². The van der Waals surface area contributed by atoms with Gasteiger partial charge in [0.25, 0.3) is 0 Å². The Labute approximate surface area is 52.6 Å². The quantitative estimate of drug-likeness (QED) is 0.474. The minimum absolute atomic E-state index is 0.205. The molecule has 0 aliphatic heterocycles. The summed E-state index contributed by atoms with van der Waals surface area (Å²) >= 11 is 5.35. The van der Waals surface area contributed by atoms with Crippen LogP contribution in [0, 0.1) is 6.42 Å². The molecular weight excluding hydrogens is 127 g/mol. The molecule has 2 heteroatoms. The largest absolute Gasteiger partial charge is 0.210 e. The monoisotopic (exact) mass is 131 g/mol. The van der Waals surface area contributed by atoms with E-state index >= 15 is 0 Å². The molecule has 1 radical (unpaired) electrons. The fourth-order valence-electron chi connectivity index (χ4n) is 0.520. The van der Waals surface area contributed by atoms with E-state index in [2.05, 4.69) is 0 Å². The van der Waals surface area contributed by atoms with Crippen LogP contribution in [0.2, 0.25) is 0 Å². The van der Waals surface area contributed by atoms with Crippen molar-refractivity contribution in [3.8, 4) is 0 Å². The van der Waals surface area contributed by atoms with E-state index < -0.39 is 0 Å². The van der Waals surface area contributed by atoms with Crippen LogP contribution in [0.25, 0.3) is 0 Å². The van der Waals surface area contributed by atoms with Gasteiger partial charge in [-0.2, -0.15) is 0 Å². The third-order valence-corrected chi connectivity index (χ3v) is 1.23. The highest BCUT2D eigenvalue weighted by molar-refractivity contribution is 6.31. The Balaban J connectivity index is 2.76. The third kappa shape index (κ3) is 1.10. The van der Waals surface area contributed by atoms with Crippen molar-refractivity contribution in [2.75, 3.05) is 0 Å². The molecule has 0 saturated heterocycles. The highest BCUT2D eigenvalue weighted by Crippen LogP contribution is 2.21. The maximum atomic E-state index is 12.2. The van der Waals surface area contributed by atoms with Crippen LogP contribution in [0.5, 0.6) is 0 Å². The third-order valence-electron chi connectivity index (χ3n) is 0.925. The summed E-state index contributed by atoms with van der Waals surface area (Å²) in [7, 11) is 0. The van der Waals surface area contributed by atoms with E-state index in [0.717, 1.165) is 0 Å². The average Bonchev–Trinajstić information content (AvgIpc) is 1.77. The molecule has 0 nitrogen and oxygen atoms in total. The van der Waals surface area contributed by atoms with Gasteiger partial charge in [0, 0.05) is 6.42 Å². The SMILES string of the molecule is FC1=C(Cl)C=CC[CH]1. The Kier molecular flexibility index (Phi) is 1.69. The summed E-state index contributed by atoms with van der Waals surface area (Å²) in [6.45, 7) is 0. The highest BCUT2D eigenvalue weighted by Gasteiger charge is 2.03. The van der Waals surface area contributed by atoms with E-state index in [1.54, 1.807) is 6.08 Å². The van der Waals surface area contributed by atoms with Gasteiger partial charge >= 0.3 is 0 Å². The molecule has 1 rings (SSSR count). The van der Waals surface area contributed by atoms with Crippen molar-refractivity contribution in [3.63, 3.8) is 0 Å².